The van der Waals surface area contributed by atoms with E-state index in [2.05, 4.69) is 50.8 Å². The molecule has 1 amide bonds. The maximum atomic E-state index is 12.5. The van der Waals surface area contributed by atoms with Crippen LogP contribution >= 0.6 is 22.9 Å². The lowest BCUT2D eigenvalue weighted by molar-refractivity contribution is -0.199. The Balaban J connectivity index is 2.04. The van der Waals surface area contributed by atoms with Gasteiger partial charge < -0.3 is 10.1 Å². The average Bonchev–Trinajstić information content (AvgIpc) is 3.11. The number of carbonyl (C=O) groups is 2. The molecule has 0 aliphatic rings. The number of nitrogens with one attached hydrogen (secondary N) is 3. The lowest BCUT2D eigenvalue weighted by Gasteiger charge is -2.18. The van der Waals surface area contributed by atoms with E-state index in [-0.39, 0.29) is 27.1 Å². The number of anilines is 2. The van der Waals surface area contributed by atoms with Gasteiger partial charge in [0, 0.05) is 11.8 Å². The van der Waals surface area contributed by atoms with Crippen molar-refractivity contribution in [2.24, 2.45) is 5.41 Å². The lowest BCUT2D eigenvalue weighted by atomic mass is 9.97. The maximum Gasteiger partial charge on any atom is 0.490 e. The smallest absolute Gasteiger partial charge is 0.449 e. The molecule has 37 heavy (non-hydrogen) atoms. The molecule has 0 fully saturated rings. The fourth-order valence-electron chi connectivity index (χ4n) is 2.80. The highest BCUT2D eigenvalue weighted by atomic mass is 35.5. The molecule has 206 valence electrons. The normalized spacial score (nSPS) is 12.3. The van der Waals surface area contributed by atoms with Gasteiger partial charge in [-0.05, 0) is 37.9 Å². The quantitative estimate of drug-likeness (QED) is 0.204. The van der Waals surface area contributed by atoms with Crippen LogP contribution in [0.2, 0.25) is 5.15 Å². The topological polar surface area (TPSA) is 139 Å². The Morgan fingerprint density at radius 2 is 1.89 bits per heavy atom. The average molecular weight is 586 g/mol. The number of hydrogen-bond acceptors (Lipinski definition) is 9. The molecule has 2 rings (SSSR count). The first-order valence-corrected chi connectivity index (χ1v) is 13.7. The Morgan fingerprint density at radius 3 is 2.51 bits per heavy atom. The molecule has 0 bridgehead atoms. The molecule has 0 radical (unpaired) electrons. The first-order chi connectivity index (χ1) is 17.0. The number of hydrogen-bond donors (Lipinski definition) is 3. The largest absolute Gasteiger partial charge is 0.490 e. The summed E-state index contributed by atoms with van der Waals surface area (Å²) in [4.78, 5) is 31.2. The van der Waals surface area contributed by atoms with E-state index in [0.29, 0.717) is 29.1 Å². The number of ether oxygens (including phenoxy) is 1. The molecule has 10 nitrogen and oxygen atoms in total. The van der Waals surface area contributed by atoms with Gasteiger partial charge in [-0.25, -0.2) is 23.2 Å². The molecule has 0 aliphatic heterocycles. The van der Waals surface area contributed by atoms with Gasteiger partial charge in [-0.15, -0.1) is 0 Å². The number of nitrogens with zero attached hydrogens (tertiary/aromatic N) is 2. The van der Waals surface area contributed by atoms with Gasteiger partial charge in [0.25, 0.3) is 5.91 Å². The van der Waals surface area contributed by atoms with E-state index < -0.39 is 34.7 Å². The van der Waals surface area contributed by atoms with E-state index in [4.69, 9.17) is 11.6 Å². The lowest BCUT2D eigenvalue weighted by Crippen LogP contribution is -2.29. The van der Waals surface area contributed by atoms with Crippen molar-refractivity contribution in [3.63, 3.8) is 0 Å². The fourth-order valence-corrected chi connectivity index (χ4v) is 5.09. The molecular weight excluding hydrogens is 559 g/mol. The zero-order chi connectivity index (χ0) is 28.0. The summed E-state index contributed by atoms with van der Waals surface area (Å²) in [5, 5.41) is 5.41. The fraction of sp³-hybridized carbons (Fsp3) is 0.524. The van der Waals surface area contributed by atoms with Gasteiger partial charge in [0.1, 0.15) is 0 Å². The SMILES string of the molecule is Cc1nc(NC(=O)COC(=O)C(F)(F)F)sc1-c1cnc(Cl)c(NS(=O)(=O)CCCNCC(C)(C)C)c1. The number of halogens is 4. The summed E-state index contributed by atoms with van der Waals surface area (Å²) in [5.41, 5.74) is 0.997. The second-order valence-electron chi connectivity index (χ2n) is 9.13. The monoisotopic (exact) mass is 585 g/mol. The zero-order valence-electron chi connectivity index (χ0n) is 20.5. The predicted octanol–water partition coefficient (Wildman–Crippen LogP) is 3.98. The van der Waals surface area contributed by atoms with Crippen molar-refractivity contribution < 1.29 is 35.9 Å². The minimum Gasteiger partial charge on any atom is -0.449 e. The van der Waals surface area contributed by atoms with E-state index in [1.165, 1.54) is 12.3 Å². The Hall–Kier alpha value is -2.49. The number of thiazole rings is 1. The van der Waals surface area contributed by atoms with Crippen LogP contribution < -0.4 is 15.4 Å². The number of rotatable bonds is 11. The van der Waals surface area contributed by atoms with Crippen LogP contribution in [0.4, 0.5) is 24.0 Å². The number of carbonyl (C=O) groups excluding carboxylic acids is 2. The van der Waals surface area contributed by atoms with Crippen molar-refractivity contribution in [1.82, 2.24) is 15.3 Å². The second kappa shape index (κ2) is 12.4. The van der Waals surface area contributed by atoms with Crippen molar-refractivity contribution in [3.8, 4) is 10.4 Å². The van der Waals surface area contributed by atoms with Crippen LogP contribution in [0.1, 0.15) is 32.9 Å². The summed E-state index contributed by atoms with van der Waals surface area (Å²) >= 11 is 7.05. The standard InChI is InChI=1S/C21H27ClF3N5O5S2/c1-12-16(36-19(28-12)29-15(31)10-35-18(32)21(23,24)25)13-8-14(17(22)27-9-13)30-37(33,34)7-5-6-26-11-20(2,3)4/h8-9,26,30H,5-7,10-11H2,1-4H3,(H,28,29,31). The molecular formula is C21H27ClF3N5O5S2. The molecule has 0 atom stereocenters. The number of aryl methyl sites for hydroxylation is 1. The minimum atomic E-state index is -5.21. The third-order valence-electron chi connectivity index (χ3n) is 4.40. The van der Waals surface area contributed by atoms with Gasteiger partial charge in [-0.3, -0.25) is 14.8 Å². The van der Waals surface area contributed by atoms with Crippen LogP contribution in [0.3, 0.4) is 0 Å². The van der Waals surface area contributed by atoms with Crippen molar-refractivity contribution >= 4 is 55.7 Å². The molecule has 3 N–H and O–H groups in total. The number of amides is 1. The second-order valence-corrected chi connectivity index (χ2v) is 12.3. The Kier molecular flexibility index (Phi) is 10.3. The number of sulfonamides is 1. The maximum absolute atomic E-state index is 12.5. The Labute approximate surface area is 221 Å². The summed E-state index contributed by atoms with van der Waals surface area (Å²) in [6, 6.07) is 1.46. The van der Waals surface area contributed by atoms with Crippen LogP contribution in [0.15, 0.2) is 12.3 Å². The summed E-state index contributed by atoms with van der Waals surface area (Å²) < 4.78 is 68.0. The number of esters is 1. The van der Waals surface area contributed by atoms with Crippen LogP contribution in [0.5, 0.6) is 0 Å². The summed E-state index contributed by atoms with van der Waals surface area (Å²) in [7, 11) is -3.72. The predicted molar refractivity (Wildman–Crippen MR) is 135 cm³/mol. The highest BCUT2D eigenvalue weighted by Gasteiger charge is 2.41. The third-order valence-corrected chi connectivity index (χ3v) is 7.18. The van der Waals surface area contributed by atoms with Gasteiger partial charge >= 0.3 is 12.1 Å². The molecule has 0 spiro atoms. The summed E-state index contributed by atoms with van der Waals surface area (Å²) in [6.45, 7) is 7.92. The van der Waals surface area contributed by atoms with Crippen molar-refractivity contribution in [2.75, 3.05) is 35.5 Å². The Bertz CT molecular complexity index is 1230. The number of aromatic nitrogens is 2. The molecule has 0 unspecified atom stereocenters. The van der Waals surface area contributed by atoms with E-state index in [1.807, 2.05) is 0 Å². The summed E-state index contributed by atoms with van der Waals surface area (Å²) in [5.74, 6) is -3.64. The van der Waals surface area contributed by atoms with E-state index >= 15 is 0 Å². The van der Waals surface area contributed by atoms with E-state index in [9.17, 15) is 31.2 Å². The Morgan fingerprint density at radius 1 is 1.22 bits per heavy atom. The van der Waals surface area contributed by atoms with Gasteiger partial charge in [-0.1, -0.05) is 43.7 Å². The molecule has 2 aromatic heterocycles. The van der Waals surface area contributed by atoms with Crippen molar-refractivity contribution in [1.29, 1.82) is 0 Å². The highest BCUT2D eigenvalue weighted by Crippen LogP contribution is 2.35. The molecule has 16 heteroatoms. The van der Waals surface area contributed by atoms with Gasteiger partial charge in [-0.2, -0.15) is 13.2 Å². The minimum absolute atomic E-state index is 0.0281. The third kappa shape index (κ3) is 10.4. The summed E-state index contributed by atoms with van der Waals surface area (Å²) in [6.07, 6.45) is -3.45. The highest BCUT2D eigenvalue weighted by molar-refractivity contribution is 7.92. The van der Waals surface area contributed by atoms with Crippen LogP contribution in [0, 0.1) is 12.3 Å². The number of alkyl halides is 3. The van der Waals surface area contributed by atoms with Crippen molar-refractivity contribution in [3.05, 3.63) is 23.1 Å². The molecule has 2 heterocycles. The van der Waals surface area contributed by atoms with E-state index in [0.717, 1.165) is 17.9 Å². The first kappa shape index (κ1) is 30.7. The first-order valence-electron chi connectivity index (χ1n) is 10.9. The molecule has 2 aromatic rings. The zero-order valence-corrected chi connectivity index (χ0v) is 22.8. The van der Waals surface area contributed by atoms with Crippen LogP contribution in [0.25, 0.3) is 10.4 Å². The van der Waals surface area contributed by atoms with Gasteiger partial charge in [0.05, 0.1) is 22.0 Å². The van der Waals surface area contributed by atoms with Gasteiger partial charge in [0.2, 0.25) is 10.0 Å². The molecule has 0 aliphatic carbocycles. The van der Waals surface area contributed by atoms with E-state index in [1.54, 1.807) is 6.92 Å². The van der Waals surface area contributed by atoms with Crippen LogP contribution in [-0.2, 0) is 24.3 Å². The number of pyridine rings is 1. The molecule has 0 saturated carbocycles. The van der Waals surface area contributed by atoms with Gasteiger partial charge in [0.15, 0.2) is 16.9 Å². The molecule has 0 aromatic carbocycles. The molecule has 0 saturated heterocycles. The van der Waals surface area contributed by atoms with Crippen molar-refractivity contribution in [2.45, 2.75) is 40.3 Å². The van der Waals surface area contributed by atoms with Crippen LogP contribution in [-0.4, -0.2) is 61.9 Å².